The van der Waals surface area contributed by atoms with Gasteiger partial charge in [0.2, 0.25) is 5.91 Å². The molecule has 1 aliphatic rings. The zero-order valence-electron chi connectivity index (χ0n) is 10.5. The normalized spacial score (nSPS) is 24.5. The van der Waals surface area contributed by atoms with Gasteiger partial charge in [-0.05, 0) is 18.4 Å². The van der Waals surface area contributed by atoms with Gasteiger partial charge in [0.15, 0.2) is 0 Å². The van der Waals surface area contributed by atoms with Crippen LogP contribution in [0.15, 0.2) is 35.3 Å². The van der Waals surface area contributed by atoms with Crippen molar-refractivity contribution in [2.45, 2.75) is 32.9 Å². The highest BCUT2D eigenvalue weighted by atomic mass is 16.2. The predicted molar refractivity (Wildman–Crippen MR) is 69.2 cm³/mol. The highest BCUT2D eigenvalue weighted by Crippen LogP contribution is 2.16. The monoisotopic (exact) mass is 230 g/mol. The molecule has 0 saturated carbocycles. The summed E-state index contributed by atoms with van der Waals surface area (Å²) in [5, 5.41) is 3.04. The smallest absolute Gasteiger partial charge is 0.245 e. The second-order valence-electron chi connectivity index (χ2n) is 4.79. The molecule has 0 aliphatic carbocycles. The van der Waals surface area contributed by atoms with Crippen molar-refractivity contribution in [1.82, 2.24) is 5.32 Å². The second-order valence-corrected chi connectivity index (χ2v) is 4.79. The minimum absolute atomic E-state index is 0.0149. The Labute approximate surface area is 102 Å². The topological polar surface area (TPSA) is 41.5 Å². The number of amides is 1. The standard InChI is InChI=1S/C14H18N2O/c1-9(2)12-13(11-7-5-4-6-8-11)15-10(3)14(17)16-12/h4-10,12H,1-3H3,(H,16,17)/t10-,12+/m0/s1. The van der Waals surface area contributed by atoms with E-state index in [4.69, 9.17) is 0 Å². The Morgan fingerprint density at radius 2 is 1.88 bits per heavy atom. The number of hydrogen-bond acceptors (Lipinski definition) is 2. The molecule has 0 saturated heterocycles. The summed E-state index contributed by atoms with van der Waals surface area (Å²) < 4.78 is 0. The van der Waals surface area contributed by atoms with Gasteiger partial charge < -0.3 is 5.32 Å². The summed E-state index contributed by atoms with van der Waals surface area (Å²) in [7, 11) is 0. The minimum Gasteiger partial charge on any atom is -0.346 e. The number of rotatable bonds is 2. The number of hydrogen-bond donors (Lipinski definition) is 1. The number of carbonyl (C=O) groups is 1. The number of aliphatic imine (C=N–C) groups is 1. The SMILES string of the molecule is CC(C)[C@H]1NC(=O)[C@H](C)N=C1c1ccccc1. The third kappa shape index (κ3) is 2.38. The highest BCUT2D eigenvalue weighted by molar-refractivity contribution is 6.09. The van der Waals surface area contributed by atoms with E-state index in [0.717, 1.165) is 11.3 Å². The van der Waals surface area contributed by atoms with Crippen LogP contribution in [-0.4, -0.2) is 23.7 Å². The molecule has 0 aromatic heterocycles. The first-order valence-electron chi connectivity index (χ1n) is 6.03. The molecule has 17 heavy (non-hydrogen) atoms. The van der Waals surface area contributed by atoms with Gasteiger partial charge in [0, 0.05) is 0 Å². The van der Waals surface area contributed by atoms with Crippen LogP contribution in [0.3, 0.4) is 0 Å². The maximum absolute atomic E-state index is 11.7. The lowest BCUT2D eigenvalue weighted by Gasteiger charge is -2.30. The molecule has 1 N–H and O–H groups in total. The molecule has 2 atom stereocenters. The van der Waals surface area contributed by atoms with Gasteiger partial charge in [-0.2, -0.15) is 0 Å². The molecule has 0 radical (unpaired) electrons. The van der Waals surface area contributed by atoms with E-state index in [0.29, 0.717) is 5.92 Å². The van der Waals surface area contributed by atoms with Crippen molar-refractivity contribution in [2.24, 2.45) is 10.9 Å². The summed E-state index contributed by atoms with van der Waals surface area (Å²) in [6.07, 6.45) is 0. The van der Waals surface area contributed by atoms with E-state index in [1.165, 1.54) is 0 Å². The summed E-state index contributed by atoms with van der Waals surface area (Å²) in [5.41, 5.74) is 2.09. The van der Waals surface area contributed by atoms with Crippen molar-refractivity contribution in [3.8, 4) is 0 Å². The maximum Gasteiger partial charge on any atom is 0.245 e. The molecule has 0 unspecified atom stereocenters. The summed E-state index contributed by atoms with van der Waals surface area (Å²) in [5.74, 6) is 0.355. The number of nitrogens with one attached hydrogen (secondary N) is 1. The van der Waals surface area contributed by atoms with Crippen molar-refractivity contribution in [2.75, 3.05) is 0 Å². The zero-order chi connectivity index (χ0) is 12.4. The molecule has 1 aliphatic heterocycles. The molecule has 90 valence electrons. The largest absolute Gasteiger partial charge is 0.346 e. The van der Waals surface area contributed by atoms with E-state index in [9.17, 15) is 4.79 Å². The Hall–Kier alpha value is -1.64. The summed E-state index contributed by atoms with van der Waals surface area (Å²) >= 11 is 0. The fourth-order valence-corrected chi connectivity index (χ4v) is 2.04. The third-order valence-corrected chi connectivity index (χ3v) is 3.04. The average Bonchev–Trinajstić information content (AvgIpc) is 2.33. The van der Waals surface area contributed by atoms with Crippen molar-refractivity contribution in [3.05, 3.63) is 35.9 Å². The number of nitrogens with zero attached hydrogens (tertiary/aromatic N) is 1. The van der Waals surface area contributed by atoms with E-state index in [1.54, 1.807) is 0 Å². The molecule has 2 rings (SSSR count). The van der Waals surface area contributed by atoms with Gasteiger partial charge in [0.25, 0.3) is 0 Å². The van der Waals surface area contributed by atoms with E-state index in [1.807, 2.05) is 37.3 Å². The van der Waals surface area contributed by atoms with Crippen molar-refractivity contribution in [1.29, 1.82) is 0 Å². The fourth-order valence-electron chi connectivity index (χ4n) is 2.04. The van der Waals surface area contributed by atoms with Crippen molar-refractivity contribution >= 4 is 11.6 Å². The van der Waals surface area contributed by atoms with Crippen LogP contribution in [0, 0.1) is 5.92 Å². The van der Waals surface area contributed by atoms with Crippen LogP contribution in [0.25, 0.3) is 0 Å². The maximum atomic E-state index is 11.7. The zero-order valence-corrected chi connectivity index (χ0v) is 10.5. The number of benzene rings is 1. The fraction of sp³-hybridized carbons (Fsp3) is 0.429. The van der Waals surface area contributed by atoms with Gasteiger partial charge >= 0.3 is 0 Å². The van der Waals surface area contributed by atoms with Crippen LogP contribution in [0.2, 0.25) is 0 Å². The van der Waals surface area contributed by atoms with E-state index < -0.39 is 0 Å². The second kappa shape index (κ2) is 4.70. The predicted octanol–water partition coefficient (Wildman–Crippen LogP) is 2.02. The van der Waals surface area contributed by atoms with Gasteiger partial charge in [-0.1, -0.05) is 44.2 Å². The minimum atomic E-state index is -0.291. The molecule has 0 fully saturated rings. The lowest BCUT2D eigenvalue weighted by atomic mass is 9.92. The Kier molecular flexibility index (Phi) is 3.27. The quantitative estimate of drug-likeness (QED) is 0.829. The summed E-state index contributed by atoms with van der Waals surface area (Å²) in [4.78, 5) is 16.2. The molecule has 3 nitrogen and oxygen atoms in total. The summed E-state index contributed by atoms with van der Waals surface area (Å²) in [6.45, 7) is 6.02. The van der Waals surface area contributed by atoms with Gasteiger partial charge in [-0.25, -0.2) is 0 Å². The van der Waals surface area contributed by atoms with Crippen LogP contribution < -0.4 is 5.32 Å². The van der Waals surface area contributed by atoms with Gasteiger partial charge in [-0.3, -0.25) is 9.79 Å². The molecule has 0 spiro atoms. The number of carbonyl (C=O) groups excluding carboxylic acids is 1. The first-order valence-corrected chi connectivity index (χ1v) is 6.03. The van der Waals surface area contributed by atoms with Gasteiger partial charge in [-0.15, -0.1) is 0 Å². The molecule has 0 bridgehead atoms. The Morgan fingerprint density at radius 1 is 1.24 bits per heavy atom. The van der Waals surface area contributed by atoms with Gasteiger partial charge in [0.1, 0.15) is 6.04 Å². The Bertz CT molecular complexity index is 437. The third-order valence-electron chi connectivity index (χ3n) is 3.04. The molecular formula is C14H18N2O. The van der Waals surface area contributed by atoms with E-state index in [2.05, 4.69) is 24.2 Å². The van der Waals surface area contributed by atoms with E-state index >= 15 is 0 Å². The van der Waals surface area contributed by atoms with Crippen LogP contribution in [0.1, 0.15) is 26.3 Å². The lowest BCUT2D eigenvalue weighted by molar-refractivity contribution is -0.122. The Morgan fingerprint density at radius 3 is 2.47 bits per heavy atom. The first kappa shape index (κ1) is 11.8. The van der Waals surface area contributed by atoms with Gasteiger partial charge in [0.05, 0.1) is 11.8 Å². The van der Waals surface area contributed by atoms with Crippen LogP contribution >= 0.6 is 0 Å². The van der Waals surface area contributed by atoms with Crippen molar-refractivity contribution in [3.63, 3.8) is 0 Å². The average molecular weight is 230 g/mol. The highest BCUT2D eigenvalue weighted by Gasteiger charge is 2.30. The molecular weight excluding hydrogens is 212 g/mol. The Balaban J connectivity index is 2.41. The lowest BCUT2D eigenvalue weighted by Crippen LogP contribution is -2.52. The van der Waals surface area contributed by atoms with Crippen LogP contribution in [0.5, 0.6) is 0 Å². The van der Waals surface area contributed by atoms with Crippen molar-refractivity contribution < 1.29 is 4.79 Å². The molecule has 1 aromatic rings. The molecule has 1 amide bonds. The van der Waals surface area contributed by atoms with E-state index in [-0.39, 0.29) is 18.0 Å². The molecule has 1 heterocycles. The van der Waals surface area contributed by atoms with Crippen LogP contribution in [0.4, 0.5) is 0 Å². The van der Waals surface area contributed by atoms with Crippen LogP contribution in [-0.2, 0) is 4.79 Å². The molecule has 1 aromatic carbocycles. The molecule has 3 heteroatoms. The summed E-state index contributed by atoms with van der Waals surface area (Å²) in [6, 6.07) is 9.78. The first-order chi connectivity index (χ1) is 8.09.